The van der Waals surface area contributed by atoms with Gasteiger partial charge < -0.3 is 10.3 Å². The van der Waals surface area contributed by atoms with E-state index in [1.807, 2.05) is 4.98 Å². The number of H-pyrrole nitrogens is 1. The van der Waals surface area contributed by atoms with Crippen molar-refractivity contribution in [2.24, 2.45) is 0 Å². The number of nitrogens with one attached hydrogen (secondary N) is 2. The van der Waals surface area contributed by atoms with E-state index in [-0.39, 0.29) is 6.42 Å². The number of carbonyl (C=O) groups excluding carboxylic acids is 1. The van der Waals surface area contributed by atoms with Gasteiger partial charge >= 0.3 is 6.18 Å². The molecule has 2 aromatic heterocycles. The third-order valence-corrected chi connectivity index (χ3v) is 3.42. The number of benzene rings is 1. The predicted molar refractivity (Wildman–Crippen MR) is 83.6 cm³/mol. The van der Waals surface area contributed by atoms with Gasteiger partial charge in [0.1, 0.15) is 12.0 Å². The van der Waals surface area contributed by atoms with Crippen molar-refractivity contribution in [2.75, 3.05) is 5.32 Å². The van der Waals surface area contributed by atoms with E-state index in [2.05, 4.69) is 20.8 Å². The summed E-state index contributed by atoms with van der Waals surface area (Å²) in [4.78, 5) is 25.6. The molecule has 0 aliphatic carbocycles. The Morgan fingerprint density at radius 2 is 1.96 bits per heavy atom. The number of aromatic nitrogens is 5. The molecule has 134 valence electrons. The van der Waals surface area contributed by atoms with Gasteiger partial charge in [-0.2, -0.15) is 13.2 Å². The van der Waals surface area contributed by atoms with Crippen molar-refractivity contribution in [3.63, 3.8) is 0 Å². The normalized spacial score (nSPS) is 11.3. The molecule has 3 rings (SSSR count). The number of rotatable bonds is 4. The maximum Gasteiger partial charge on any atom is 0.417 e. The molecule has 1 aromatic carbocycles. The first-order valence-electron chi connectivity index (χ1n) is 7.25. The van der Waals surface area contributed by atoms with Crippen LogP contribution < -0.4 is 10.9 Å². The number of amides is 1. The van der Waals surface area contributed by atoms with E-state index in [1.165, 1.54) is 11.0 Å². The smallest absolute Gasteiger partial charge is 0.327 e. The van der Waals surface area contributed by atoms with Crippen molar-refractivity contribution >= 4 is 11.6 Å². The first kappa shape index (κ1) is 17.3. The van der Waals surface area contributed by atoms with Crippen LogP contribution in [0, 0.1) is 0 Å². The zero-order valence-corrected chi connectivity index (χ0v) is 13.0. The van der Waals surface area contributed by atoms with E-state index in [9.17, 15) is 22.8 Å². The summed E-state index contributed by atoms with van der Waals surface area (Å²) in [6, 6.07) is 7.24. The van der Waals surface area contributed by atoms with Crippen LogP contribution in [0.1, 0.15) is 11.1 Å². The van der Waals surface area contributed by atoms with Crippen LogP contribution in [0.4, 0.5) is 18.9 Å². The summed E-state index contributed by atoms with van der Waals surface area (Å²) in [5.41, 5.74) is -1.06. The summed E-state index contributed by atoms with van der Waals surface area (Å²) in [5, 5.41) is 12.9. The maximum absolute atomic E-state index is 12.7. The number of halogens is 3. The first-order chi connectivity index (χ1) is 12.3. The molecular formula is C15H11F3N6O2. The fraction of sp³-hybridized carbons (Fsp3) is 0.133. The van der Waals surface area contributed by atoms with Crippen molar-refractivity contribution in [1.29, 1.82) is 0 Å². The predicted octanol–water partition coefficient (Wildman–Crippen LogP) is 1.55. The Balaban J connectivity index is 1.70. The summed E-state index contributed by atoms with van der Waals surface area (Å²) in [6.07, 6.45) is -2.79. The Bertz CT molecular complexity index is 964. The summed E-state index contributed by atoms with van der Waals surface area (Å²) < 4.78 is 39.5. The zero-order chi connectivity index (χ0) is 18.7. The minimum atomic E-state index is -4.63. The molecule has 0 saturated carbocycles. The van der Waals surface area contributed by atoms with Gasteiger partial charge in [0.05, 0.1) is 17.7 Å². The molecule has 3 aromatic rings. The molecule has 0 fully saturated rings. The summed E-state index contributed by atoms with van der Waals surface area (Å²) in [7, 11) is 0. The molecule has 8 nitrogen and oxygen atoms in total. The molecule has 0 aliphatic rings. The number of carbonyl (C=O) groups is 1. The fourth-order valence-electron chi connectivity index (χ4n) is 2.17. The molecule has 0 aliphatic heterocycles. The number of alkyl halides is 3. The van der Waals surface area contributed by atoms with Gasteiger partial charge in [-0.05, 0) is 34.2 Å². The van der Waals surface area contributed by atoms with Gasteiger partial charge in [-0.1, -0.05) is 12.1 Å². The van der Waals surface area contributed by atoms with E-state index in [4.69, 9.17) is 0 Å². The van der Waals surface area contributed by atoms with Crippen LogP contribution in [0.3, 0.4) is 0 Å². The van der Waals surface area contributed by atoms with Gasteiger partial charge in [-0.25, -0.2) is 4.68 Å². The topological polar surface area (TPSA) is 106 Å². The van der Waals surface area contributed by atoms with Gasteiger partial charge in [0, 0.05) is 6.20 Å². The van der Waals surface area contributed by atoms with Crippen LogP contribution in [-0.2, 0) is 17.4 Å². The highest BCUT2D eigenvalue weighted by Gasteiger charge is 2.31. The Hall–Kier alpha value is -3.50. The molecule has 0 bridgehead atoms. The molecule has 0 saturated heterocycles. The zero-order valence-electron chi connectivity index (χ0n) is 13.0. The molecule has 2 N–H and O–H groups in total. The van der Waals surface area contributed by atoms with Gasteiger partial charge in [-0.15, -0.1) is 5.10 Å². The van der Waals surface area contributed by atoms with Crippen molar-refractivity contribution < 1.29 is 18.0 Å². The largest absolute Gasteiger partial charge is 0.417 e. The molecule has 0 spiro atoms. The lowest BCUT2D eigenvalue weighted by atomic mass is 10.1. The van der Waals surface area contributed by atoms with Crippen molar-refractivity contribution in [1.82, 2.24) is 25.2 Å². The monoisotopic (exact) mass is 364 g/mol. The molecule has 1 amide bonds. The second-order valence-corrected chi connectivity index (χ2v) is 5.27. The molecule has 2 heterocycles. The molecule has 26 heavy (non-hydrogen) atoms. The van der Waals surface area contributed by atoms with E-state index in [0.717, 1.165) is 0 Å². The Labute approximate surface area is 143 Å². The van der Waals surface area contributed by atoms with E-state index in [0.29, 0.717) is 23.5 Å². The number of hydrogen-bond donors (Lipinski definition) is 2. The number of tetrazole rings is 1. The molecule has 0 atom stereocenters. The van der Waals surface area contributed by atoms with Gasteiger partial charge in [0.2, 0.25) is 5.91 Å². The standard InChI is InChI=1S/C15H11F3N6O2/c16-15(17,18)10-6-12(14(26)19-7-10)21-13(25)5-9-1-3-11(4-2-9)24-8-20-22-23-24/h1-4,6-8H,5H2,(H,19,26)(H,21,25). The Kier molecular flexibility index (Phi) is 4.52. The number of hydrogen-bond acceptors (Lipinski definition) is 5. The second-order valence-electron chi connectivity index (χ2n) is 5.27. The van der Waals surface area contributed by atoms with Gasteiger partial charge in [-0.3, -0.25) is 9.59 Å². The van der Waals surface area contributed by atoms with Crippen molar-refractivity contribution in [2.45, 2.75) is 12.6 Å². The van der Waals surface area contributed by atoms with Crippen LogP contribution in [0.15, 0.2) is 47.7 Å². The number of nitrogens with zero attached hydrogens (tertiary/aromatic N) is 4. The minimum Gasteiger partial charge on any atom is -0.327 e. The summed E-state index contributed by atoms with van der Waals surface area (Å²) in [6.45, 7) is 0. The Morgan fingerprint density at radius 3 is 2.58 bits per heavy atom. The molecule has 11 heteroatoms. The maximum atomic E-state index is 12.7. The summed E-state index contributed by atoms with van der Waals surface area (Å²) >= 11 is 0. The van der Waals surface area contributed by atoms with E-state index >= 15 is 0 Å². The fourth-order valence-corrected chi connectivity index (χ4v) is 2.17. The molecular weight excluding hydrogens is 353 g/mol. The van der Waals surface area contributed by atoms with Crippen LogP contribution in [-0.4, -0.2) is 31.1 Å². The van der Waals surface area contributed by atoms with Crippen LogP contribution >= 0.6 is 0 Å². The lowest BCUT2D eigenvalue weighted by Gasteiger charge is -2.09. The van der Waals surface area contributed by atoms with Crippen molar-refractivity contribution in [3.05, 3.63) is 64.3 Å². The highest BCUT2D eigenvalue weighted by atomic mass is 19.4. The lowest BCUT2D eigenvalue weighted by molar-refractivity contribution is -0.137. The average molecular weight is 364 g/mol. The van der Waals surface area contributed by atoms with E-state index < -0.39 is 28.9 Å². The van der Waals surface area contributed by atoms with Crippen LogP contribution in [0.25, 0.3) is 5.69 Å². The average Bonchev–Trinajstić information content (AvgIpc) is 3.11. The lowest BCUT2D eigenvalue weighted by Crippen LogP contribution is -2.22. The van der Waals surface area contributed by atoms with Crippen LogP contribution in [0.5, 0.6) is 0 Å². The quantitative estimate of drug-likeness (QED) is 0.731. The number of anilines is 1. The highest BCUT2D eigenvalue weighted by Crippen LogP contribution is 2.29. The first-order valence-corrected chi connectivity index (χ1v) is 7.25. The number of pyridine rings is 1. The van der Waals surface area contributed by atoms with Gasteiger partial charge in [0.25, 0.3) is 5.56 Å². The number of aromatic amines is 1. The van der Waals surface area contributed by atoms with Gasteiger partial charge in [0.15, 0.2) is 0 Å². The summed E-state index contributed by atoms with van der Waals surface area (Å²) in [5.74, 6) is -0.620. The third-order valence-electron chi connectivity index (χ3n) is 3.42. The molecule has 0 radical (unpaired) electrons. The Morgan fingerprint density at radius 1 is 1.23 bits per heavy atom. The van der Waals surface area contributed by atoms with E-state index in [1.54, 1.807) is 24.3 Å². The minimum absolute atomic E-state index is 0.119. The second kappa shape index (κ2) is 6.78. The molecule has 0 unspecified atom stereocenters. The SMILES string of the molecule is O=C(Cc1ccc(-n2cnnn2)cc1)Nc1cc(C(F)(F)F)c[nH]c1=O. The third kappa shape index (κ3) is 3.94. The highest BCUT2D eigenvalue weighted by molar-refractivity contribution is 5.92. The van der Waals surface area contributed by atoms with Crippen molar-refractivity contribution in [3.8, 4) is 5.69 Å². The van der Waals surface area contributed by atoms with Crippen LogP contribution in [0.2, 0.25) is 0 Å².